The quantitative estimate of drug-likeness (QED) is 0.908. The molecule has 1 aromatic heterocycles. The van der Waals surface area contributed by atoms with Crippen LogP contribution in [0.15, 0.2) is 34.9 Å². The molecule has 3 nitrogen and oxygen atoms in total. The highest BCUT2D eigenvalue weighted by Crippen LogP contribution is 2.16. The van der Waals surface area contributed by atoms with E-state index < -0.39 is 0 Å². The van der Waals surface area contributed by atoms with E-state index in [1.165, 1.54) is 5.56 Å². The average Bonchev–Trinajstić information content (AvgIpc) is 2.73. The first kappa shape index (κ1) is 12.3. The molecule has 0 aliphatic carbocycles. The normalized spacial score (nSPS) is 12.6. The number of benzene rings is 1. The van der Waals surface area contributed by atoms with Crippen molar-refractivity contribution in [3.05, 3.63) is 52.0 Å². The van der Waals surface area contributed by atoms with Gasteiger partial charge in [-0.05, 0) is 31.5 Å². The summed E-state index contributed by atoms with van der Waals surface area (Å²) >= 11 is 3.44. The van der Waals surface area contributed by atoms with Gasteiger partial charge in [-0.25, -0.2) is 4.98 Å². The summed E-state index contributed by atoms with van der Waals surface area (Å²) in [6.45, 7) is 4.92. The van der Waals surface area contributed by atoms with Gasteiger partial charge in [-0.3, -0.25) is 0 Å². The van der Waals surface area contributed by atoms with Gasteiger partial charge in [-0.15, -0.1) is 0 Å². The van der Waals surface area contributed by atoms with Crippen molar-refractivity contribution in [2.45, 2.75) is 26.4 Å². The Morgan fingerprint density at radius 2 is 2.06 bits per heavy atom. The summed E-state index contributed by atoms with van der Waals surface area (Å²) in [6, 6.07) is 8.70. The van der Waals surface area contributed by atoms with Crippen LogP contribution in [0.1, 0.15) is 30.0 Å². The topological polar surface area (TPSA) is 40.7 Å². The van der Waals surface area contributed by atoms with Crippen LogP contribution in [0.25, 0.3) is 0 Å². The molecule has 90 valence electrons. The van der Waals surface area contributed by atoms with Crippen molar-refractivity contribution in [2.75, 3.05) is 0 Å². The number of aryl methyl sites for hydroxylation is 1. The fourth-order valence-corrected chi connectivity index (χ4v) is 1.96. The molecule has 0 saturated carbocycles. The summed E-state index contributed by atoms with van der Waals surface area (Å²) < 4.78 is 1.11. The highest BCUT2D eigenvalue weighted by atomic mass is 79.9. The van der Waals surface area contributed by atoms with Gasteiger partial charge >= 0.3 is 0 Å². The van der Waals surface area contributed by atoms with Gasteiger partial charge in [0.15, 0.2) is 0 Å². The molecule has 0 amide bonds. The second-order valence-corrected chi connectivity index (χ2v) is 5.06. The Kier molecular flexibility index (Phi) is 3.97. The van der Waals surface area contributed by atoms with E-state index in [0.717, 1.165) is 22.5 Å². The molecule has 1 heterocycles. The van der Waals surface area contributed by atoms with E-state index in [1.807, 2.05) is 13.1 Å². The minimum absolute atomic E-state index is 0.326. The second-order valence-electron chi connectivity index (χ2n) is 4.15. The van der Waals surface area contributed by atoms with Gasteiger partial charge in [0.05, 0.1) is 0 Å². The van der Waals surface area contributed by atoms with Crippen LogP contribution in [0.4, 0.5) is 0 Å². The van der Waals surface area contributed by atoms with Gasteiger partial charge in [0, 0.05) is 29.0 Å². The number of imidazole rings is 1. The highest BCUT2D eigenvalue weighted by molar-refractivity contribution is 9.10. The number of rotatable bonds is 4. The van der Waals surface area contributed by atoms with Crippen molar-refractivity contribution in [3.63, 3.8) is 0 Å². The monoisotopic (exact) mass is 293 g/mol. The molecule has 0 saturated heterocycles. The van der Waals surface area contributed by atoms with E-state index in [9.17, 15) is 0 Å². The van der Waals surface area contributed by atoms with Crippen molar-refractivity contribution in [1.29, 1.82) is 0 Å². The highest BCUT2D eigenvalue weighted by Gasteiger charge is 2.05. The standard InChI is InChI=1S/C13H16BrN3/c1-9(11-3-5-12(14)6-4-11)15-7-13-8-16-10(2)17-13/h3-6,8-9,15H,7H2,1-2H3,(H,16,17). The van der Waals surface area contributed by atoms with E-state index in [2.05, 4.69) is 62.4 Å². The van der Waals surface area contributed by atoms with Crippen molar-refractivity contribution in [3.8, 4) is 0 Å². The van der Waals surface area contributed by atoms with Gasteiger partial charge in [0.25, 0.3) is 0 Å². The molecule has 4 heteroatoms. The molecule has 1 unspecified atom stereocenters. The van der Waals surface area contributed by atoms with E-state index >= 15 is 0 Å². The van der Waals surface area contributed by atoms with Crippen molar-refractivity contribution in [1.82, 2.24) is 15.3 Å². The average molecular weight is 294 g/mol. The van der Waals surface area contributed by atoms with Crippen LogP contribution in [-0.2, 0) is 6.54 Å². The predicted molar refractivity (Wildman–Crippen MR) is 72.7 cm³/mol. The number of nitrogens with zero attached hydrogens (tertiary/aromatic N) is 1. The zero-order valence-corrected chi connectivity index (χ0v) is 11.6. The molecule has 0 bridgehead atoms. The summed E-state index contributed by atoms with van der Waals surface area (Å²) in [5.41, 5.74) is 2.40. The third kappa shape index (κ3) is 3.41. The minimum atomic E-state index is 0.326. The largest absolute Gasteiger partial charge is 0.345 e. The molecule has 2 N–H and O–H groups in total. The SMILES string of the molecule is Cc1ncc(CNC(C)c2ccc(Br)cc2)[nH]1. The molecule has 0 fully saturated rings. The molecule has 17 heavy (non-hydrogen) atoms. The number of halogens is 1. The van der Waals surface area contributed by atoms with Crippen molar-refractivity contribution >= 4 is 15.9 Å². The lowest BCUT2D eigenvalue weighted by molar-refractivity contribution is 0.568. The lowest BCUT2D eigenvalue weighted by Gasteiger charge is -2.13. The molecule has 0 spiro atoms. The number of hydrogen-bond acceptors (Lipinski definition) is 2. The number of aromatic amines is 1. The van der Waals surface area contributed by atoms with Gasteiger partial charge in [-0.1, -0.05) is 28.1 Å². The molecule has 2 aromatic rings. The maximum Gasteiger partial charge on any atom is 0.103 e. The number of hydrogen-bond donors (Lipinski definition) is 2. The fraction of sp³-hybridized carbons (Fsp3) is 0.308. The Bertz CT molecular complexity index is 476. The van der Waals surface area contributed by atoms with Crippen molar-refractivity contribution in [2.24, 2.45) is 0 Å². The van der Waals surface area contributed by atoms with Crippen LogP contribution in [-0.4, -0.2) is 9.97 Å². The van der Waals surface area contributed by atoms with Gasteiger partial charge in [-0.2, -0.15) is 0 Å². The molecular weight excluding hydrogens is 278 g/mol. The Morgan fingerprint density at radius 1 is 1.35 bits per heavy atom. The molecule has 1 aromatic carbocycles. The lowest BCUT2D eigenvalue weighted by Crippen LogP contribution is -2.18. The molecule has 0 radical (unpaired) electrons. The summed E-state index contributed by atoms with van der Waals surface area (Å²) in [5, 5.41) is 3.46. The first-order chi connectivity index (χ1) is 8.15. The van der Waals surface area contributed by atoms with Crippen LogP contribution in [0.5, 0.6) is 0 Å². The Labute approximate surface area is 110 Å². The Hall–Kier alpha value is -1.13. The number of H-pyrrole nitrogens is 1. The third-order valence-electron chi connectivity index (χ3n) is 2.72. The molecular formula is C13H16BrN3. The fourth-order valence-electron chi connectivity index (χ4n) is 1.69. The van der Waals surface area contributed by atoms with E-state index in [0.29, 0.717) is 6.04 Å². The smallest absolute Gasteiger partial charge is 0.103 e. The predicted octanol–water partition coefficient (Wildman–Crippen LogP) is 3.33. The van der Waals surface area contributed by atoms with Crippen LogP contribution < -0.4 is 5.32 Å². The zero-order valence-electron chi connectivity index (χ0n) is 10.00. The van der Waals surface area contributed by atoms with Crippen LogP contribution in [0.2, 0.25) is 0 Å². The lowest BCUT2D eigenvalue weighted by atomic mass is 10.1. The Balaban J connectivity index is 1.93. The minimum Gasteiger partial charge on any atom is -0.345 e. The Morgan fingerprint density at radius 3 is 2.65 bits per heavy atom. The van der Waals surface area contributed by atoms with Crippen LogP contribution >= 0.6 is 15.9 Å². The maximum absolute atomic E-state index is 4.18. The first-order valence-electron chi connectivity index (χ1n) is 5.64. The van der Waals surface area contributed by atoms with Gasteiger partial charge < -0.3 is 10.3 Å². The number of nitrogens with one attached hydrogen (secondary N) is 2. The van der Waals surface area contributed by atoms with E-state index in [4.69, 9.17) is 0 Å². The maximum atomic E-state index is 4.18. The summed E-state index contributed by atoms with van der Waals surface area (Å²) in [7, 11) is 0. The molecule has 1 atom stereocenters. The van der Waals surface area contributed by atoms with Crippen LogP contribution in [0, 0.1) is 6.92 Å². The number of aromatic nitrogens is 2. The van der Waals surface area contributed by atoms with E-state index in [-0.39, 0.29) is 0 Å². The zero-order chi connectivity index (χ0) is 12.3. The summed E-state index contributed by atoms with van der Waals surface area (Å²) in [6.07, 6.45) is 1.87. The summed E-state index contributed by atoms with van der Waals surface area (Å²) in [5.74, 6) is 0.957. The van der Waals surface area contributed by atoms with Gasteiger partial charge in [0.1, 0.15) is 5.82 Å². The summed E-state index contributed by atoms with van der Waals surface area (Å²) in [4.78, 5) is 7.39. The molecule has 0 aliphatic heterocycles. The first-order valence-corrected chi connectivity index (χ1v) is 6.44. The second kappa shape index (κ2) is 5.47. The van der Waals surface area contributed by atoms with Gasteiger partial charge in [0.2, 0.25) is 0 Å². The van der Waals surface area contributed by atoms with Crippen LogP contribution in [0.3, 0.4) is 0 Å². The van der Waals surface area contributed by atoms with Crippen molar-refractivity contribution < 1.29 is 0 Å². The third-order valence-corrected chi connectivity index (χ3v) is 3.25. The molecule has 2 rings (SSSR count). The van der Waals surface area contributed by atoms with E-state index in [1.54, 1.807) is 0 Å². The molecule has 0 aliphatic rings.